The molecular formula is C11H10ClNO5S2. The standard InChI is InChI=1S/C11H10ClNO5S2/c12-10-6(11(14)15)1-2-8-7(10)5-9(20(8,17)18)19-4-3-13-16/h1-3,9,16H,4-5H2,(H,14,15). The number of halogens is 1. The molecule has 6 nitrogen and oxygen atoms in total. The zero-order valence-electron chi connectivity index (χ0n) is 9.98. The molecule has 2 N–H and O–H groups in total. The fourth-order valence-electron chi connectivity index (χ4n) is 1.98. The Bertz CT molecular complexity index is 686. The largest absolute Gasteiger partial charge is 0.478 e. The van der Waals surface area contributed by atoms with Gasteiger partial charge in [0.25, 0.3) is 0 Å². The monoisotopic (exact) mass is 335 g/mol. The van der Waals surface area contributed by atoms with Crippen molar-refractivity contribution in [1.82, 2.24) is 0 Å². The molecule has 0 radical (unpaired) electrons. The van der Waals surface area contributed by atoms with Crippen molar-refractivity contribution in [1.29, 1.82) is 0 Å². The van der Waals surface area contributed by atoms with Crippen molar-refractivity contribution in [2.24, 2.45) is 5.16 Å². The van der Waals surface area contributed by atoms with Crippen LogP contribution in [0.25, 0.3) is 0 Å². The smallest absolute Gasteiger partial charge is 0.337 e. The van der Waals surface area contributed by atoms with Gasteiger partial charge in [-0.05, 0) is 17.7 Å². The Labute approximate surface area is 124 Å². The minimum atomic E-state index is -3.55. The molecule has 0 fully saturated rings. The average Bonchev–Trinajstić information content (AvgIpc) is 2.63. The lowest BCUT2D eigenvalue weighted by molar-refractivity contribution is 0.0697. The van der Waals surface area contributed by atoms with Crippen LogP contribution in [0.4, 0.5) is 0 Å². The molecule has 0 amide bonds. The van der Waals surface area contributed by atoms with Crippen molar-refractivity contribution in [3.05, 3.63) is 28.3 Å². The van der Waals surface area contributed by atoms with Gasteiger partial charge in [-0.25, -0.2) is 13.2 Å². The number of thioether (sulfide) groups is 1. The van der Waals surface area contributed by atoms with E-state index in [0.29, 0.717) is 5.56 Å². The Kier molecular flexibility index (Phi) is 4.26. The number of aromatic carboxylic acids is 1. The summed E-state index contributed by atoms with van der Waals surface area (Å²) in [6, 6.07) is 2.48. The van der Waals surface area contributed by atoms with Crippen molar-refractivity contribution in [3.8, 4) is 0 Å². The average molecular weight is 336 g/mol. The zero-order valence-corrected chi connectivity index (χ0v) is 12.4. The van der Waals surface area contributed by atoms with Gasteiger partial charge < -0.3 is 10.3 Å². The van der Waals surface area contributed by atoms with Crippen molar-refractivity contribution >= 4 is 45.4 Å². The fraction of sp³-hybridized carbons (Fsp3) is 0.273. The van der Waals surface area contributed by atoms with Gasteiger partial charge in [-0.15, -0.1) is 16.9 Å². The molecule has 108 valence electrons. The molecule has 1 aromatic carbocycles. The van der Waals surface area contributed by atoms with E-state index in [9.17, 15) is 13.2 Å². The van der Waals surface area contributed by atoms with Crippen LogP contribution in [0, 0.1) is 0 Å². The highest BCUT2D eigenvalue weighted by molar-refractivity contribution is 8.14. The molecule has 0 aromatic heterocycles. The Balaban J connectivity index is 2.41. The first kappa shape index (κ1) is 15.1. The summed E-state index contributed by atoms with van der Waals surface area (Å²) >= 11 is 7.07. The number of carbonyl (C=O) groups is 1. The van der Waals surface area contributed by atoms with Gasteiger partial charge >= 0.3 is 5.97 Å². The molecule has 1 heterocycles. The van der Waals surface area contributed by atoms with E-state index < -0.39 is 20.4 Å². The molecule has 1 aliphatic rings. The minimum Gasteiger partial charge on any atom is -0.478 e. The number of hydrogen-bond donors (Lipinski definition) is 2. The normalized spacial score (nSPS) is 20.1. The number of hydrogen-bond acceptors (Lipinski definition) is 6. The topological polar surface area (TPSA) is 104 Å². The quantitative estimate of drug-likeness (QED) is 0.494. The highest BCUT2D eigenvalue weighted by Gasteiger charge is 2.39. The number of sulfone groups is 1. The van der Waals surface area contributed by atoms with E-state index in [1.807, 2.05) is 0 Å². The molecule has 20 heavy (non-hydrogen) atoms. The second-order valence-electron chi connectivity index (χ2n) is 4.02. The summed E-state index contributed by atoms with van der Waals surface area (Å²) in [4.78, 5) is 11.1. The Morgan fingerprint density at radius 2 is 2.25 bits per heavy atom. The van der Waals surface area contributed by atoms with Crippen LogP contribution in [0.3, 0.4) is 0 Å². The van der Waals surface area contributed by atoms with E-state index in [1.54, 1.807) is 0 Å². The fourth-order valence-corrected chi connectivity index (χ4v) is 5.73. The zero-order chi connectivity index (χ0) is 14.9. The van der Waals surface area contributed by atoms with E-state index in [-0.39, 0.29) is 27.7 Å². The second kappa shape index (κ2) is 5.63. The number of nitrogens with zero attached hydrogens (tertiary/aromatic N) is 1. The lowest BCUT2D eigenvalue weighted by Gasteiger charge is -2.06. The lowest BCUT2D eigenvalue weighted by atomic mass is 10.1. The Morgan fingerprint density at radius 3 is 2.85 bits per heavy atom. The second-order valence-corrected chi connectivity index (χ2v) is 8.03. The van der Waals surface area contributed by atoms with Gasteiger partial charge in [0, 0.05) is 12.2 Å². The van der Waals surface area contributed by atoms with Crippen molar-refractivity contribution < 1.29 is 23.5 Å². The number of rotatable bonds is 4. The highest BCUT2D eigenvalue weighted by Crippen LogP contribution is 2.41. The van der Waals surface area contributed by atoms with Crippen LogP contribution < -0.4 is 0 Å². The van der Waals surface area contributed by atoms with Gasteiger partial charge in [-0.3, -0.25) is 0 Å². The van der Waals surface area contributed by atoms with Crippen LogP contribution >= 0.6 is 23.4 Å². The summed E-state index contributed by atoms with van der Waals surface area (Å²) in [7, 11) is -3.55. The third-order valence-corrected chi connectivity index (χ3v) is 7.23. The van der Waals surface area contributed by atoms with Crippen molar-refractivity contribution in [2.45, 2.75) is 15.9 Å². The van der Waals surface area contributed by atoms with Crippen LogP contribution in [0.5, 0.6) is 0 Å². The molecule has 1 aliphatic heterocycles. The first-order valence-electron chi connectivity index (χ1n) is 5.45. The lowest BCUT2D eigenvalue weighted by Crippen LogP contribution is -2.13. The Morgan fingerprint density at radius 1 is 1.55 bits per heavy atom. The van der Waals surface area contributed by atoms with E-state index >= 15 is 0 Å². The maximum atomic E-state index is 12.3. The van der Waals surface area contributed by atoms with Gasteiger partial charge in [0.15, 0.2) is 9.84 Å². The molecule has 1 unspecified atom stereocenters. The molecule has 1 atom stereocenters. The third-order valence-electron chi connectivity index (χ3n) is 2.89. The number of carboxylic acid groups (broad SMARTS) is 1. The molecule has 1 aromatic rings. The molecular weight excluding hydrogens is 326 g/mol. The molecule has 0 spiro atoms. The number of carboxylic acids is 1. The van der Waals surface area contributed by atoms with Crippen LogP contribution in [-0.4, -0.2) is 41.3 Å². The number of oxime groups is 1. The van der Waals surface area contributed by atoms with Crippen LogP contribution in [0.1, 0.15) is 15.9 Å². The SMILES string of the molecule is O=C(O)c1ccc2c(c1Cl)CC(SCC=NO)S2(=O)=O. The van der Waals surface area contributed by atoms with Gasteiger partial charge in [0.05, 0.1) is 21.7 Å². The van der Waals surface area contributed by atoms with Crippen molar-refractivity contribution in [3.63, 3.8) is 0 Å². The van der Waals surface area contributed by atoms with Crippen LogP contribution in [-0.2, 0) is 16.3 Å². The van der Waals surface area contributed by atoms with Crippen LogP contribution in [0.2, 0.25) is 5.02 Å². The highest BCUT2D eigenvalue weighted by atomic mass is 35.5. The Hall–Kier alpha value is -1.25. The predicted molar refractivity (Wildman–Crippen MR) is 75.8 cm³/mol. The number of benzene rings is 1. The van der Waals surface area contributed by atoms with E-state index in [0.717, 1.165) is 11.8 Å². The molecule has 2 rings (SSSR count). The van der Waals surface area contributed by atoms with Gasteiger partial charge in [-0.2, -0.15) is 0 Å². The van der Waals surface area contributed by atoms with E-state index in [2.05, 4.69) is 5.16 Å². The molecule has 0 saturated heterocycles. The summed E-state index contributed by atoms with van der Waals surface area (Å²) in [6.45, 7) is 0. The summed E-state index contributed by atoms with van der Waals surface area (Å²) in [5, 5.41) is 20.1. The minimum absolute atomic E-state index is 0.0301. The number of fused-ring (bicyclic) bond motifs is 1. The van der Waals surface area contributed by atoms with E-state index in [4.69, 9.17) is 21.9 Å². The van der Waals surface area contributed by atoms with Gasteiger partial charge in [0.1, 0.15) is 4.58 Å². The summed E-state index contributed by atoms with van der Waals surface area (Å²) in [5.74, 6) is -0.962. The van der Waals surface area contributed by atoms with E-state index in [1.165, 1.54) is 18.3 Å². The van der Waals surface area contributed by atoms with Crippen molar-refractivity contribution in [2.75, 3.05) is 5.75 Å². The van der Waals surface area contributed by atoms with Gasteiger partial charge in [-0.1, -0.05) is 11.6 Å². The molecule has 0 bridgehead atoms. The summed E-state index contributed by atoms with van der Waals surface area (Å²) < 4.78 is 23.8. The molecule has 0 saturated carbocycles. The first-order valence-corrected chi connectivity index (χ1v) is 8.43. The maximum absolute atomic E-state index is 12.3. The first-order chi connectivity index (χ1) is 9.39. The summed E-state index contributed by atoms with van der Waals surface area (Å²) in [6.07, 6.45) is 1.33. The van der Waals surface area contributed by atoms with Gasteiger partial charge in [0.2, 0.25) is 0 Å². The maximum Gasteiger partial charge on any atom is 0.337 e. The summed E-state index contributed by atoms with van der Waals surface area (Å²) in [5.41, 5.74) is 0.230. The van der Waals surface area contributed by atoms with Crippen LogP contribution in [0.15, 0.2) is 22.2 Å². The molecule has 0 aliphatic carbocycles. The molecule has 9 heteroatoms. The predicted octanol–water partition coefficient (Wildman–Crippen LogP) is 1.89. The third kappa shape index (κ3) is 2.50.